The van der Waals surface area contributed by atoms with Crippen LogP contribution in [0.2, 0.25) is 0 Å². The molecule has 2 aliphatic carbocycles. The van der Waals surface area contributed by atoms with Crippen LogP contribution in [0, 0.1) is 5.41 Å². The summed E-state index contributed by atoms with van der Waals surface area (Å²) in [7, 11) is 1.86. The summed E-state index contributed by atoms with van der Waals surface area (Å²) in [5.41, 5.74) is 0.773. The molecular weight excluding hydrogens is 148 g/mol. The Morgan fingerprint density at radius 2 is 1.58 bits per heavy atom. The van der Waals surface area contributed by atoms with E-state index in [1.807, 2.05) is 7.11 Å². The Morgan fingerprint density at radius 1 is 1.00 bits per heavy atom. The van der Waals surface area contributed by atoms with Crippen molar-refractivity contribution in [3.63, 3.8) is 0 Å². The van der Waals surface area contributed by atoms with E-state index in [0.717, 1.165) is 5.41 Å². The van der Waals surface area contributed by atoms with Crippen LogP contribution in [0.4, 0.5) is 0 Å². The molecule has 0 heterocycles. The van der Waals surface area contributed by atoms with Crippen molar-refractivity contribution in [3.8, 4) is 0 Å². The fourth-order valence-electron chi connectivity index (χ4n) is 3.06. The monoisotopic (exact) mass is 168 g/mol. The fraction of sp³-hybridized carbons (Fsp3) is 1.00. The molecule has 0 aromatic rings. The third-order valence-electron chi connectivity index (χ3n) is 3.99. The van der Waals surface area contributed by atoms with Gasteiger partial charge in [0, 0.05) is 7.11 Å². The predicted octanol–water partition coefficient (Wildman–Crippen LogP) is 3.14. The molecule has 2 aliphatic rings. The molecule has 2 fully saturated rings. The largest absolute Gasteiger partial charge is 0.381 e. The van der Waals surface area contributed by atoms with Gasteiger partial charge in [0.2, 0.25) is 0 Å². The van der Waals surface area contributed by atoms with Gasteiger partial charge in [-0.1, -0.05) is 12.8 Å². The summed E-state index contributed by atoms with van der Waals surface area (Å²) in [5, 5.41) is 0. The van der Waals surface area contributed by atoms with Crippen LogP contribution in [0.25, 0.3) is 0 Å². The minimum atomic E-state index is 0.580. The summed E-state index contributed by atoms with van der Waals surface area (Å²) in [6.45, 7) is 0. The molecule has 1 heteroatoms. The van der Waals surface area contributed by atoms with Crippen LogP contribution in [0.5, 0.6) is 0 Å². The van der Waals surface area contributed by atoms with Gasteiger partial charge < -0.3 is 4.74 Å². The third kappa shape index (κ3) is 1.52. The first-order valence-corrected chi connectivity index (χ1v) is 5.37. The lowest BCUT2D eigenvalue weighted by Gasteiger charge is -2.36. The van der Waals surface area contributed by atoms with Crippen molar-refractivity contribution in [1.29, 1.82) is 0 Å². The van der Waals surface area contributed by atoms with E-state index >= 15 is 0 Å². The number of rotatable bonds is 1. The minimum Gasteiger partial charge on any atom is -0.381 e. The van der Waals surface area contributed by atoms with Crippen LogP contribution >= 0.6 is 0 Å². The van der Waals surface area contributed by atoms with Gasteiger partial charge in [0.1, 0.15) is 0 Å². The molecule has 0 amide bonds. The molecule has 0 unspecified atom stereocenters. The summed E-state index contributed by atoms with van der Waals surface area (Å²) in [5.74, 6) is 0. The first-order valence-electron chi connectivity index (χ1n) is 5.37. The molecule has 0 N–H and O–H groups in total. The molecule has 2 rings (SSSR count). The Kier molecular flexibility index (Phi) is 2.40. The SMILES string of the molecule is COC1CCC2(CCCC2)CC1. The maximum atomic E-state index is 5.39. The van der Waals surface area contributed by atoms with Gasteiger partial charge >= 0.3 is 0 Å². The first kappa shape index (κ1) is 8.55. The smallest absolute Gasteiger partial charge is 0.0571 e. The second-order valence-electron chi connectivity index (χ2n) is 4.64. The van der Waals surface area contributed by atoms with E-state index in [1.54, 1.807) is 0 Å². The summed E-state index contributed by atoms with van der Waals surface area (Å²) in [6, 6.07) is 0. The van der Waals surface area contributed by atoms with E-state index in [-0.39, 0.29) is 0 Å². The highest BCUT2D eigenvalue weighted by atomic mass is 16.5. The predicted molar refractivity (Wildman–Crippen MR) is 50.2 cm³/mol. The Hall–Kier alpha value is -0.0400. The van der Waals surface area contributed by atoms with Crippen LogP contribution in [0.1, 0.15) is 51.4 Å². The number of ether oxygens (including phenoxy) is 1. The molecule has 0 aliphatic heterocycles. The lowest BCUT2D eigenvalue weighted by atomic mass is 9.72. The summed E-state index contributed by atoms with van der Waals surface area (Å²) in [4.78, 5) is 0. The highest BCUT2D eigenvalue weighted by Crippen LogP contribution is 2.49. The van der Waals surface area contributed by atoms with E-state index in [0.29, 0.717) is 6.10 Å². The highest BCUT2D eigenvalue weighted by Gasteiger charge is 2.37. The molecule has 0 radical (unpaired) electrons. The Labute approximate surface area is 75.5 Å². The number of hydrogen-bond acceptors (Lipinski definition) is 1. The Morgan fingerprint density at radius 3 is 2.08 bits per heavy atom. The quantitative estimate of drug-likeness (QED) is 0.584. The molecule has 1 spiro atoms. The molecule has 70 valence electrons. The molecule has 0 saturated heterocycles. The van der Waals surface area contributed by atoms with Gasteiger partial charge in [-0.2, -0.15) is 0 Å². The van der Waals surface area contributed by atoms with Crippen molar-refractivity contribution in [2.24, 2.45) is 5.41 Å². The van der Waals surface area contributed by atoms with Crippen molar-refractivity contribution in [2.75, 3.05) is 7.11 Å². The van der Waals surface area contributed by atoms with Gasteiger partial charge in [0.25, 0.3) is 0 Å². The number of methoxy groups -OCH3 is 1. The lowest BCUT2D eigenvalue weighted by Crippen LogP contribution is -2.28. The normalized spacial score (nSPS) is 29.8. The van der Waals surface area contributed by atoms with Gasteiger partial charge in [-0.3, -0.25) is 0 Å². The van der Waals surface area contributed by atoms with Crippen molar-refractivity contribution < 1.29 is 4.74 Å². The topological polar surface area (TPSA) is 9.23 Å². The third-order valence-corrected chi connectivity index (χ3v) is 3.99. The van der Waals surface area contributed by atoms with E-state index in [1.165, 1.54) is 51.4 Å². The Bertz CT molecular complexity index is 137. The molecule has 0 atom stereocenters. The van der Waals surface area contributed by atoms with E-state index in [2.05, 4.69) is 0 Å². The maximum Gasteiger partial charge on any atom is 0.0571 e. The van der Waals surface area contributed by atoms with Crippen LogP contribution in [0.15, 0.2) is 0 Å². The van der Waals surface area contributed by atoms with Gasteiger partial charge in [-0.25, -0.2) is 0 Å². The van der Waals surface area contributed by atoms with Gasteiger partial charge in [-0.05, 0) is 43.9 Å². The second-order valence-corrected chi connectivity index (χ2v) is 4.64. The van der Waals surface area contributed by atoms with Crippen molar-refractivity contribution >= 4 is 0 Å². The second kappa shape index (κ2) is 3.37. The first-order chi connectivity index (χ1) is 5.85. The zero-order valence-electron chi connectivity index (χ0n) is 8.14. The lowest BCUT2D eigenvalue weighted by molar-refractivity contribution is 0.0286. The molecule has 0 bridgehead atoms. The van der Waals surface area contributed by atoms with Crippen LogP contribution in [-0.2, 0) is 4.74 Å². The number of hydrogen-bond donors (Lipinski definition) is 0. The fourth-order valence-corrected chi connectivity index (χ4v) is 3.06. The summed E-state index contributed by atoms with van der Waals surface area (Å²) >= 11 is 0. The van der Waals surface area contributed by atoms with E-state index in [4.69, 9.17) is 4.74 Å². The molecule has 2 saturated carbocycles. The molecule has 0 aromatic heterocycles. The van der Waals surface area contributed by atoms with Gasteiger partial charge in [0.15, 0.2) is 0 Å². The van der Waals surface area contributed by atoms with Gasteiger partial charge in [0.05, 0.1) is 6.10 Å². The summed E-state index contributed by atoms with van der Waals surface area (Å²) < 4.78 is 5.39. The van der Waals surface area contributed by atoms with E-state index < -0.39 is 0 Å². The average molecular weight is 168 g/mol. The average Bonchev–Trinajstić information content (AvgIpc) is 2.55. The molecule has 0 aromatic carbocycles. The Balaban J connectivity index is 1.88. The van der Waals surface area contributed by atoms with Crippen molar-refractivity contribution in [3.05, 3.63) is 0 Å². The highest BCUT2D eigenvalue weighted by molar-refractivity contribution is 4.89. The van der Waals surface area contributed by atoms with E-state index in [9.17, 15) is 0 Å². The van der Waals surface area contributed by atoms with Crippen LogP contribution in [-0.4, -0.2) is 13.2 Å². The molecule has 1 nitrogen and oxygen atoms in total. The van der Waals surface area contributed by atoms with Crippen molar-refractivity contribution in [1.82, 2.24) is 0 Å². The minimum absolute atomic E-state index is 0.580. The van der Waals surface area contributed by atoms with Crippen LogP contribution in [0.3, 0.4) is 0 Å². The summed E-state index contributed by atoms with van der Waals surface area (Å²) in [6.07, 6.45) is 12.1. The molecular formula is C11H20O. The standard InChI is InChI=1S/C11H20O/c1-12-10-4-8-11(9-5-10)6-2-3-7-11/h10H,2-9H2,1H3. The maximum absolute atomic E-state index is 5.39. The van der Waals surface area contributed by atoms with Crippen molar-refractivity contribution in [2.45, 2.75) is 57.5 Å². The molecule has 12 heavy (non-hydrogen) atoms. The van der Waals surface area contributed by atoms with Gasteiger partial charge in [-0.15, -0.1) is 0 Å². The zero-order chi connectivity index (χ0) is 8.44. The van der Waals surface area contributed by atoms with Crippen LogP contribution < -0.4 is 0 Å². The zero-order valence-corrected chi connectivity index (χ0v) is 8.14.